The van der Waals surface area contributed by atoms with Gasteiger partial charge in [-0.1, -0.05) is 6.92 Å². The molecule has 0 saturated carbocycles. The zero-order valence-electron chi connectivity index (χ0n) is 11.1. The smallest absolute Gasteiger partial charge is 0.325 e. The third kappa shape index (κ3) is 3.72. The monoisotopic (exact) mass is 256 g/mol. The summed E-state index contributed by atoms with van der Waals surface area (Å²) in [5.74, 6) is -1.62. The maximum Gasteiger partial charge on any atom is 0.325 e. The minimum atomic E-state index is -0.615. The highest BCUT2D eigenvalue weighted by molar-refractivity contribution is 6.35. The van der Waals surface area contributed by atoms with E-state index in [0.29, 0.717) is 19.6 Å². The van der Waals surface area contributed by atoms with Crippen molar-refractivity contribution in [2.75, 3.05) is 26.2 Å². The van der Waals surface area contributed by atoms with Crippen LogP contribution in [0.3, 0.4) is 0 Å². The summed E-state index contributed by atoms with van der Waals surface area (Å²) in [6.07, 6.45) is 0.596. The molecule has 1 rings (SSSR count). The van der Waals surface area contributed by atoms with Crippen molar-refractivity contribution in [3.8, 4) is 0 Å². The van der Waals surface area contributed by atoms with Crippen LogP contribution in [0.4, 0.5) is 0 Å². The molecule has 0 radical (unpaired) electrons. The van der Waals surface area contributed by atoms with Crippen molar-refractivity contribution < 1.29 is 19.1 Å². The highest BCUT2D eigenvalue weighted by atomic mass is 16.5. The van der Waals surface area contributed by atoms with Crippen molar-refractivity contribution in [2.24, 2.45) is 0 Å². The highest BCUT2D eigenvalue weighted by Gasteiger charge is 2.33. The number of nitrogens with zero attached hydrogens (tertiary/aromatic N) is 2. The normalized spacial score (nSPS) is 16.4. The fraction of sp³-hybridized carbons (Fsp3) is 0.750. The Balaban J connectivity index is 2.53. The van der Waals surface area contributed by atoms with E-state index < -0.39 is 17.8 Å². The molecule has 0 spiro atoms. The van der Waals surface area contributed by atoms with Gasteiger partial charge in [-0.3, -0.25) is 14.4 Å². The first-order valence-electron chi connectivity index (χ1n) is 6.23. The summed E-state index contributed by atoms with van der Waals surface area (Å²) in [6.45, 7) is 6.72. The fourth-order valence-corrected chi connectivity index (χ4v) is 1.81. The molecule has 0 N–H and O–H groups in total. The Morgan fingerprint density at radius 1 is 1.22 bits per heavy atom. The number of esters is 1. The molecule has 18 heavy (non-hydrogen) atoms. The maximum absolute atomic E-state index is 11.8. The molecule has 0 aromatic heterocycles. The summed E-state index contributed by atoms with van der Waals surface area (Å²) in [5, 5.41) is 0. The van der Waals surface area contributed by atoms with Gasteiger partial charge in [0.2, 0.25) is 0 Å². The first-order valence-corrected chi connectivity index (χ1v) is 6.23. The van der Waals surface area contributed by atoms with Crippen molar-refractivity contribution in [2.45, 2.75) is 33.3 Å². The second-order valence-corrected chi connectivity index (χ2v) is 4.56. The zero-order chi connectivity index (χ0) is 13.7. The van der Waals surface area contributed by atoms with Crippen LogP contribution in [0, 0.1) is 0 Å². The molecule has 1 heterocycles. The largest absolute Gasteiger partial charge is 0.462 e. The topological polar surface area (TPSA) is 66.9 Å². The van der Waals surface area contributed by atoms with Crippen LogP contribution in [0.2, 0.25) is 0 Å². The van der Waals surface area contributed by atoms with Crippen molar-refractivity contribution in [3.63, 3.8) is 0 Å². The number of amides is 2. The fourth-order valence-electron chi connectivity index (χ4n) is 1.81. The van der Waals surface area contributed by atoms with Crippen LogP contribution in [0.1, 0.15) is 27.2 Å². The van der Waals surface area contributed by atoms with Gasteiger partial charge in [-0.15, -0.1) is 0 Å². The summed E-state index contributed by atoms with van der Waals surface area (Å²) in [7, 11) is 0. The van der Waals surface area contributed by atoms with E-state index in [-0.39, 0.29) is 12.6 Å². The van der Waals surface area contributed by atoms with E-state index >= 15 is 0 Å². The van der Waals surface area contributed by atoms with E-state index in [4.69, 9.17) is 4.74 Å². The molecule has 1 saturated heterocycles. The van der Waals surface area contributed by atoms with Crippen LogP contribution >= 0.6 is 0 Å². The summed E-state index contributed by atoms with van der Waals surface area (Å²) >= 11 is 0. The lowest BCUT2D eigenvalue weighted by molar-refractivity contribution is -0.161. The van der Waals surface area contributed by atoms with Gasteiger partial charge in [0.1, 0.15) is 6.54 Å². The lowest BCUT2D eigenvalue weighted by atomic mass is 10.2. The molecule has 0 unspecified atom stereocenters. The Bertz CT molecular complexity index is 341. The van der Waals surface area contributed by atoms with Gasteiger partial charge in [-0.05, 0) is 20.3 Å². The maximum atomic E-state index is 11.8. The molecule has 1 aliphatic rings. The third-order valence-corrected chi connectivity index (χ3v) is 2.58. The van der Waals surface area contributed by atoms with Crippen LogP contribution in [0.25, 0.3) is 0 Å². The second-order valence-electron chi connectivity index (χ2n) is 4.56. The summed E-state index contributed by atoms with van der Waals surface area (Å²) < 4.78 is 4.95. The van der Waals surface area contributed by atoms with Crippen molar-refractivity contribution >= 4 is 17.8 Å². The number of ether oxygens (including phenoxy) is 1. The number of piperazine rings is 1. The van der Waals surface area contributed by atoms with Crippen LogP contribution in [0.15, 0.2) is 0 Å². The number of hydrogen-bond donors (Lipinski definition) is 0. The molecule has 1 fully saturated rings. The van der Waals surface area contributed by atoms with E-state index in [1.54, 1.807) is 13.8 Å². The Hall–Kier alpha value is -1.59. The predicted molar refractivity (Wildman–Crippen MR) is 64.7 cm³/mol. The molecule has 1 aliphatic heterocycles. The quantitative estimate of drug-likeness (QED) is 0.513. The number of carbonyl (C=O) groups excluding carboxylic acids is 3. The van der Waals surface area contributed by atoms with E-state index in [0.717, 1.165) is 6.42 Å². The summed E-state index contributed by atoms with van der Waals surface area (Å²) in [4.78, 5) is 37.7. The average molecular weight is 256 g/mol. The van der Waals surface area contributed by atoms with Gasteiger partial charge in [0.05, 0.1) is 6.10 Å². The average Bonchev–Trinajstić information content (AvgIpc) is 2.28. The molecule has 0 aromatic carbocycles. The van der Waals surface area contributed by atoms with Crippen LogP contribution < -0.4 is 0 Å². The van der Waals surface area contributed by atoms with Gasteiger partial charge in [-0.25, -0.2) is 0 Å². The Morgan fingerprint density at radius 3 is 2.33 bits per heavy atom. The van der Waals surface area contributed by atoms with Gasteiger partial charge in [-0.2, -0.15) is 0 Å². The Morgan fingerprint density at radius 2 is 1.78 bits per heavy atom. The van der Waals surface area contributed by atoms with E-state index in [1.165, 1.54) is 9.80 Å². The second kappa shape index (κ2) is 6.37. The molecule has 0 bridgehead atoms. The van der Waals surface area contributed by atoms with Crippen LogP contribution in [-0.2, 0) is 19.1 Å². The summed E-state index contributed by atoms with van der Waals surface area (Å²) in [5.41, 5.74) is 0. The zero-order valence-corrected chi connectivity index (χ0v) is 11.1. The molecular formula is C12H20N2O4. The summed E-state index contributed by atoms with van der Waals surface area (Å²) in [6, 6.07) is 0. The molecule has 0 atom stereocenters. The van der Waals surface area contributed by atoms with Crippen LogP contribution in [-0.4, -0.2) is 59.9 Å². The molecular weight excluding hydrogens is 236 g/mol. The van der Waals surface area contributed by atoms with E-state index in [2.05, 4.69) is 0 Å². The van der Waals surface area contributed by atoms with E-state index in [1.807, 2.05) is 6.92 Å². The van der Waals surface area contributed by atoms with Crippen molar-refractivity contribution in [1.82, 2.24) is 9.80 Å². The molecule has 0 aliphatic carbocycles. The van der Waals surface area contributed by atoms with Gasteiger partial charge in [0.15, 0.2) is 0 Å². The molecule has 102 valence electrons. The first kappa shape index (κ1) is 14.5. The number of hydrogen-bond acceptors (Lipinski definition) is 4. The lowest BCUT2D eigenvalue weighted by Crippen LogP contribution is -2.55. The Kier molecular flexibility index (Phi) is 5.12. The minimum absolute atomic E-state index is 0.150. The SMILES string of the molecule is CCCN1CCN(CC(=O)OC(C)C)C(=O)C1=O. The van der Waals surface area contributed by atoms with Crippen LogP contribution in [0.5, 0.6) is 0 Å². The standard InChI is InChI=1S/C12H20N2O4/c1-4-5-13-6-7-14(12(17)11(13)16)8-10(15)18-9(2)3/h9H,4-8H2,1-3H3. The predicted octanol–water partition coefficient (Wildman–Crippen LogP) is 0.0188. The molecule has 6 nitrogen and oxygen atoms in total. The van der Waals surface area contributed by atoms with Gasteiger partial charge in [0.25, 0.3) is 0 Å². The highest BCUT2D eigenvalue weighted by Crippen LogP contribution is 2.06. The van der Waals surface area contributed by atoms with E-state index in [9.17, 15) is 14.4 Å². The number of carbonyl (C=O) groups is 3. The van der Waals surface area contributed by atoms with Gasteiger partial charge in [0, 0.05) is 19.6 Å². The molecule has 6 heteroatoms. The van der Waals surface area contributed by atoms with Crippen molar-refractivity contribution in [1.29, 1.82) is 0 Å². The lowest BCUT2D eigenvalue weighted by Gasteiger charge is -2.33. The third-order valence-electron chi connectivity index (χ3n) is 2.58. The van der Waals surface area contributed by atoms with Gasteiger partial charge < -0.3 is 14.5 Å². The minimum Gasteiger partial charge on any atom is -0.462 e. The van der Waals surface area contributed by atoms with Crippen molar-refractivity contribution in [3.05, 3.63) is 0 Å². The first-order chi connectivity index (χ1) is 8.45. The number of rotatable bonds is 5. The molecule has 0 aromatic rings. The Labute approximate surface area is 107 Å². The van der Waals surface area contributed by atoms with Gasteiger partial charge >= 0.3 is 17.8 Å². The molecule has 2 amide bonds.